The number of aliphatic hydroxyl groups is 2. The zero-order valence-electron chi connectivity index (χ0n) is 9.39. The predicted molar refractivity (Wildman–Crippen MR) is 57.1 cm³/mol. The summed E-state index contributed by atoms with van der Waals surface area (Å²) in [5, 5.41) is 28.7. The van der Waals surface area contributed by atoms with Gasteiger partial charge in [0.2, 0.25) is 0 Å². The Hall–Kier alpha value is -1.51. The van der Waals surface area contributed by atoms with E-state index < -0.39 is 23.7 Å². The molecule has 0 aliphatic carbocycles. The second-order valence-electron chi connectivity index (χ2n) is 3.45. The lowest BCUT2D eigenvalue weighted by atomic mass is 10.2. The number of nitro groups is 1. The molecule has 0 fully saturated rings. The van der Waals surface area contributed by atoms with Crippen LogP contribution in [-0.2, 0) is 11.5 Å². The molecule has 2 N–H and O–H groups in total. The molecule has 96 valence electrons. The van der Waals surface area contributed by atoms with Crippen LogP contribution in [0.25, 0.3) is 0 Å². The van der Waals surface area contributed by atoms with Crippen LogP contribution in [0.5, 0.6) is 0 Å². The van der Waals surface area contributed by atoms with Crippen LogP contribution in [0.1, 0.15) is 13.3 Å². The fourth-order valence-corrected chi connectivity index (χ4v) is 1.37. The van der Waals surface area contributed by atoms with E-state index in [4.69, 9.17) is 9.84 Å². The first kappa shape index (κ1) is 13.6. The van der Waals surface area contributed by atoms with Crippen molar-refractivity contribution in [3.8, 4) is 0 Å². The Morgan fingerprint density at radius 1 is 1.71 bits per heavy atom. The van der Waals surface area contributed by atoms with Crippen molar-refractivity contribution in [3.63, 3.8) is 0 Å². The van der Waals surface area contributed by atoms with E-state index >= 15 is 0 Å². The molecule has 0 aliphatic rings. The topological polar surface area (TPSA) is 111 Å². The maximum Gasteiger partial charge on any atom is 0.436 e. The Bertz CT molecular complexity index is 367. The van der Waals surface area contributed by atoms with Gasteiger partial charge in [0.05, 0.1) is 12.7 Å². The van der Waals surface area contributed by atoms with Gasteiger partial charge < -0.3 is 25.1 Å². The molecule has 1 aromatic heterocycles. The first-order valence-electron chi connectivity index (χ1n) is 5.16. The normalized spacial score (nSPS) is 14.5. The van der Waals surface area contributed by atoms with Crippen LogP contribution in [0, 0.1) is 10.1 Å². The summed E-state index contributed by atoms with van der Waals surface area (Å²) in [4.78, 5) is 13.5. The molecule has 8 heteroatoms. The minimum absolute atomic E-state index is 0.0914. The lowest BCUT2D eigenvalue weighted by Crippen LogP contribution is -2.32. The van der Waals surface area contributed by atoms with E-state index in [1.54, 1.807) is 6.92 Å². The van der Waals surface area contributed by atoms with Crippen molar-refractivity contribution in [2.75, 3.05) is 6.61 Å². The van der Waals surface area contributed by atoms with E-state index in [1.807, 2.05) is 0 Å². The van der Waals surface area contributed by atoms with Gasteiger partial charge >= 0.3 is 5.95 Å². The molecule has 1 rings (SSSR count). The highest BCUT2D eigenvalue weighted by atomic mass is 16.6. The van der Waals surface area contributed by atoms with Crippen molar-refractivity contribution in [2.45, 2.75) is 32.3 Å². The van der Waals surface area contributed by atoms with Crippen molar-refractivity contribution < 1.29 is 19.9 Å². The maximum atomic E-state index is 10.6. The first-order chi connectivity index (χ1) is 8.10. The summed E-state index contributed by atoms with van der Waals surface area (Å²) in [5.41, 5.74) is 0. The monoisotopic (exact) mass is 245 g/mol. The molecule has 2 atom stereocenters. The van der Waals surface area contributed by atoms with Gasteiger partial charge in [0.15, 0.2) is 6.73 Å². The third kappa shape index (κ3) is 3.48. The molecular weight excluding hydrogens is 230 g/mol. The van der Waals surface area contributed by atoms with E-state index in [1.165, 1.54) is 17.0 Å². The van der Waals surface area contributed by atoms with Crippen LogP contribution < -0.4 is 0 Å². The van der Waals surface area contributed by atoms with Gasteiger partial charge in [0, 0.05) is 0 Å². The standard InChI is InChI=1S/C9H15N3O5/c1-2-8(7(14)5-13)17-6-11-4-3-10-9(11)12(15)16/h3-4,7-8,13-14H,2,5-6H2,1H3/t7-,8?/m1/s1. The zero-order valence-corrected chi connectivity index (χ0v) is 9.39. The number of aromatic nitrogens is 2. The lowest BCUT2D eigenvalue weighted by molar-refractivity contribution is -0.397. The van der Waals surface area contributed by atoms with Gasteiger partial charge in [-0.2, -0.15) is 0 Å². The smallest absolute Gasteiger partial charge is 0.394 e. The molecular formula is C9H15N3O5. The Morgan fingerprint density at radius 2 is 2.41 bits per heavy atom. The second kappa shape index (κ2) is 6.28. The molecule has 1 aromatic rings. The Kier molecular flexibility index (Phi) is 5.01. The SMILES string of the molecule is CCC(OCn1ccnc1[N+](=O)[O-])[C@H](O)CO. The molecule has 0 saturated carbocycles. The summed E-state index contributed by atoms with van der Waals surface area (Å²) in [6.07, 6.45) is 1.63. The molecule has 0 amide bonds. The molecule has 0 bridgehead atoms. The summed E-state index contributed by atoms with van der Waals surface area (Å²) < 4.78 is 6.50. The number of ether oxygens (including phenoxy) is 1. The number of hydrogen-bond acceptors (Lipinski definition) is 6. The van der Waals surface area contributed by atoms with E-state index in [-0.39, 0.29) is 12.7 Å². The van der Waals surface area contributed by atoms with Gasteiger partial charge in [-0.05, 0) is 11.3 Å². The number of nitrogens with zero attached hydrogens (tertiary/aromatic N) is 3. The van der Waals surface area contributed by atoms with Crippen molar-refractivity contribution in [2.24, 2.45) is 0 Å². The quantitative estimate of drug-likeness (QED) is 0.512. The van der Waals surface area contributed by atoms with Crippen molar-refractivity contribution in [1.29, 1.82) is 0 Å². The van der Waals surface area contributed by atoms with Crippen LogP contribution in [0.15, 0.2) is 12.4 Å². The third-order valence-electron chi connectivity index (χ3n) is 2.30. The van der Waals surface area contributed by atoms with Crippen molar-refractivity contribution >= 4 is 5.95 Å². The molecule has 1 unspecified atom stereocenters. The maximum absolute atomic E-state index is 10.6. The minimum Gasteiger partial charge on any atom is -0.394 e. The number of aliphatic hydroxyl groups excluding tert-OH is 2. The van der Waals surface area contributed by atoms with Gasteiger partial charge in [-0.3, -0.25) is 0 Å². The summed E-state index contributed by atoms with van der Waals surface area (Å²) in [6.45, 7) is 1.28. The van der Waals surface area contributed by atoms with E-state index in [0.717, 1.165) is 0 Å². The fraction of sp³-hybridized carbons (Fsp3) is 0.667. The van der Waals surface area contributed by atoms with E-state index in [2.05, 4.69) is 4.98 Å². The fourth-order valence-electron chi connectivity index (χ4n) is 1.37. The van der Waals surface area contributed by atoms with Crippen molar-refractivity contribution in [3.05, 3.63) is 22.5 Å². The summed E-state index contributed by atoms with van der Waals surface area (Å²) in [5.74, 6) is -0.321. The van der Waals surface area contributed by atoms with Gasteiger partial charge in [-0.1, -0.05) is 11.9 Å². The highest BCUT2D eigenvalue weighted by molar-refractivity contribution is 5.05. The molecule has 0 aliphatic heterocycles. The summed E-state index contributed by atoms with van der Waals surface area (Å²) in [6, 6.07) is 0. The molecule has 0 aromatic carbocycles. The van der Waals surface area contributed by atoms with E-state index in [9.17, 15) is 15.2 Å². The average Bonchev–Trinajstić information content (AvgIpc) is 2.77. The van der Waals surface area contributed by atoms with Crippen LogP contribution in [-0.4, -0.2) is 43.5 Å². The average molecular weight is 245 g/mol. The highest BCUT2D eigenvalue weighted by Gasteiger charge is 2.20. The van der Waals surface area contributed by atoms with Gasteiger partial charge in [0.25, 0.3) is 0 Å². The Labute approximate surface area is 97.6 Å². The van der Waals surface area contributed by atoms with Crippen molar-refractivity contribution in [1.82, 2.24) is 9.55 Å². The minimum atomic E-state index is -0.998. The van der Waals surface area contributed by atoms with Gasteiger partial charge in [0.1, 0.15) is 18.5 Å². The Morgan fingerprint density at radius 3 is 2.94 bits per heavy atom. The molecule has 0 spiro atoms. The number of rotatable bonds is 7. The molecule has 0 saturated heterocycles. The molecule has 8 nitrogen and oxygen atoms in total. The number of imidazole rings is 1. The lowest BCUT2D eigenvalue weighted by Gasteiger charge is -2.19. The van der Waals surface area contributed by atoms with Crippen LogP contribution >= 0.6 is 0 Å². The summed E-state index contributed by atoms with van der Waals surface area (Å²) in [7, 11) is 0. The first-order valence-corrected chi connectivity index (χ1v) is 5.16. The summed E-state index contributed by atoms with van der Waals surface area (Å²) >= 11 is 0. The Balaban J connectivity index is 2.59. The largest absolute Gasteiger partial charge is 0.436 e. The number of hydrogen-bond donors (Lipinski definition) is 2. The van der Waals surface area contributed by atoms with Crippen LogP contribution in [0.3, 0.4) is 0 Å². The van der Waals surface area contributed by atoms with Gasteiger partial charge in [-0.15, -0.1) is 0 Å². The van der Waals surface area contributed by atoms with Crippen LogP contribution in [0.2, 0.25) is 0 Å². The zero-order chi connectivity index (χ0) is 12.8. The predicted octanol–water partition coefficient (Wildman–Crippen LogP) is -0.103. The van der Waals surface area contributed by atoms with Crippen LogP contribution in [0.4, 0.5) is 5.95 Å². The molecule has 0 radical (unpaired) electrons. The third-order valence-corrected chi connectivity index (χ3v) is 2.30. The molecule has 1 heterocycles. The van der Waals surface area contributed by atoms with Gasteiger partial charge in [-0.25, -0.2) is 4.57 Å². The van der Waals surface area contributed by atoms with E-state index in [0.29, 0.717) is 6.42 Å². The molecule has 17 heavy (non-hydrogen) atoms. The second-order valence-corrected chi connectivity index (χ2v) is 3.45. The highest BCUT2D eigenvalue weighted by Crippen LogP contribution is 2.10.